The highest BCUT2D eigenvalue weighted by molar-refractivity contribution is 5.91. The minimum atomic E-state index is -1.02. The van der Waals surface area contributed by atoms with Gasteiger partial charge in [-0.3, -0.25) is 19.2 Å². The fourth-order valence-electron chi connectivity index (χ4n) is 3.73. The van der Waals surface area contributed by atoms with Crippen LogP contribution in [0.15, 0.2) is 60.7 Å². The van der Waals surface area contributed by atoms with Crippen molar-refractivity contribution in [1.29, 1.82) is 0 Å². The Morgan fingerprint density at radius 3 is 1.76 bits per heavy atom. The molecule has 4 atom stereocenters. The van der Waals surface area contributed by atoms with Gasteiger partial charge in [0.15, 0.2) is 0 Å². The summed E-state index contributed by atoms with van der Waals surface area (Å²) in [6.07, 6.45) is -2.68. The summed E-state index contributed by atoms with van der Waals surface area (Å²) < 4.78 is 15.0. The van der Waals surface area contributed by atoms with Gasteiger partial charge in [-0.2, -0.15) is 5.06 Å². The number of benzene rings is 2. The van der Waals surface area contributed by atoms with E-state index in [0.29, 0.717) is 5.56 Å². The normalized spacial score (nSPS) is 21.9. The Kier molecular flexibility index (Phi) is 8.72. The first-order valence-electron chi connectivity index (χ1n) is 11.9. The second-order valence-corrected chi connectivity index (χ2v) is 9.53. The molecule has 2 aliphatic rings. The van der Waals surface area contributed by atoms with Crippen LogP contribution in [0, 0.1) is 0 Å². The summed E-state index contributed by atoms with van der Waals surface area (Å²) in [5.74, 6) is -1.86. The highest BCUT2D eigenvalue weighted by Gasteiger charge is 2.54. The van der Waals surface area contributed by atoms with Crippen molar-refractivity contribution in [3.05, 3.63) is 71.8 Å². The Balaban J connectivity index is 0.000000230. The molecular formula is C27H30N2O9. The number of nitrogens with one attached hydrogen (secondary N) is 1. The van der Waals surface area contributed by atoms with E-state index in [2.05, 4.69) is 5.32 Å². The molecule has 4 rings (SSSR count). The average Bonchev–Trinajstić information content (AvgIpc) is 2.85. The summed E-state index contributed by atoms with van der Waals surface area (Å²) in [7, 11) is 0. The fraction of sp³-hybridized carbons (Fsp3) is 0.370. The average molecular weight is 527 g/mol. The summed E-state index contributed by atoms with van der Waals surface area (Å²) >= 11 is 0. The fourth-order valence-corrected chi connectivity index (χ4v) is 3.73. The van der Waals surface area contributed by atoms with Gasteiger partial charge in [-0.25, -0.2) is 4.79 Å². The van der Waals surface area contributed by atoms with Crippen molar-refractivity contribution in [2.45, 2.75) is 64.5 Å². The number of carbonyl (C=O) groups is 5. The molecule has 2 fully saturated rings. The molecule has 0 unspecified atom stereocenters. The van der Waals surface area contributed by atoms with Crippen molar-refractivity contribution in [2.24, 2.45) is 0 Å². The Bertz CT molecular complexity index is 1180. The Morgan fingerprint density at radius 1 is 0.789 bits per heavy atom. The highest BCUT2D eigenvalue weighted by atomic mass is 16.8. The van der Waals surface area contributed by atoms with E-state index in [9.17, 15) is 24.0 Å². The van der Waals surface area contributed by atoms with Crippen LogP contribution < -0.4 is 5.32 Å². The minimum Gasteiger partial charge on any atom is -0.450 e. The number of rotatable bonds is 5. The number of carbonyl (C=O) groups excluding carboxylic acids is 5. The highest BCUT2D eigenvalue weighted by Crippen LogP contribution is 2.37. The first-order valence-corrected chi connectivity index (χ1v) is 11.9. The molecule has 2 aliphatic heterocycles. The number of hydroxylamine groups is 2. The largest absolute Gasteiger partial charge is 0.534 e. The van der Waals surface area contributed by atoms with Crippen LogP contribution in [0.4, 0.5) is 4.79 Å². The predicted molar refractivity (Wildman–Crippen MR) is 132 cm³/mol. The Morgan fingerprint density at radius 2 is 1.29 bits per heavy atom. The standard InChI is InChI=1S/C16H19NO6.C11H11NO3/c1-10(18)21-13-12(11-8-6-5-7-9-11)17(14(13)19)23-15(20)22-16(2,3)4;1-7(13)15-10-9(12-11(10)14)8-5-3-2-4-6-8/h5-9,12-13H,1-4H3;2-6,9-10H,1H3,(H,12,14)/t12-,13+;9-,10+/m00/s1. The van der Waals surface area contributed by atoms with E-state index in [-0.39, 0.29) is 11.9 Å². The van der Waals surface area contributed by atoms with Crippen molar-refractivity contribution >= 4 is 29.9 Å². The quantitative estimate of drug-likeness (QED) is 0.354. The molecule has 11 heteroatoms. The third-order valence-electron chi connectivity index (χ3n) is 5.31. The number of hydrogen-bond acceptors (Lipinski definition) is 9. The lowest BCUT2D eigenvalue weighted by atomic mass is 9.93. The maximum absolute atomic E-state index is 12.1. The molecule has 2 amide bonds. The predicted octanol–water partition coefficient (Wildman–Crippen LogP) is 3.16. The molecule has 0 spiro atoms. The number of hydrogen-bond donors (Lipinski definition) is 1. The maximum atomic E-state index is 12.1. The molecule has 202 valence electrons. The topological polar surface area (TPSA) is 138 Å². The number of nitrogens with zero attached hydrogens (tertiary/aromatic N) is 1. The van der Waals surface area contributed by atoms with Crippen LogP contribution >= 0.6 is 0 Å². The third kappa shape index (κ3) is 7.09. The van der Waals surface area contributed by atoms with Crippen molar-refractivity contribution in [2.75, 3.05) is 0 Å². The van der Waals surface area contributed by atoms with Gasteiger partial charge in [0.1, 0.15) is 17.7 Å². The second kappa shape index (κ2) is 11.8. The Hall–Kier alpha value is -4.41. The lowest BCUT2D eigenvalue weighted by Crippen LogP contribution is -2.60. The van der Waals surface area contributed by atoms with Gasteiger partial charge in [0.2, 0.25) is 12.2 Å². The molecule has 0 saturated carbocycles. The van der Waals surface area contributed by atoms with Gasteiger partial charge >= 0.3 is 18.1 Å². The molecule has 0 aromatic heterocycles. The van der Waals surface area contributed by atoms with Crippen LogP contribution in [0.25, 0.3) is 0 Å². The number of β-lactam (4-membered cyclic amide) rings is 2. The van der Waals surface area contributed by atoms with Crippen LogP contribution in [0.1, 0.15) is 57.8 Å². The van der Waals surface area contributed by atoms with Crippen LogP contribution in [-0.2, 0) is 38.2 Å². The summed E-state index contributed by atoms with van der Waals surface area (Å²) in [6.45, 7) is 7.56. The summed E-state index contributed by atoms with van der Waals surface area (Å²) in [5.41, 5.74) is 0.882. The molecule has 0 bridgehead atoms. The smallest absolute Gasteiger partial charge is 0.450 e. The lowest BCUT2D eigenvalue weighted by molar-refractivity contribution is -0.245. The maximum Gasteiger partial charge on any atom is 0.534 e. The van der Waals surface area contributed by atoms with Gasteiger partial charge in [0, 0.05) is 13.8 Å². The molecule has 1 N–H and O–H groups in total. The molecule has 0 aliphatic carbocycles. The van der Waals surface area contributed by atoms with E-state index in [1.54, 1.807) is 45.0 Å². The van der Waals surface area contributed by atoms with E-state index >= 15 is 0 Å². The number of esters is 2. The SMILES string of the molecule is CC(=O)O[C@H]1C(=O)N(OC(=O)OC(C)(C)C)[C@H]1c1ccccc1.CC(=O)O[C@H]1C(=O)N[C@H]1c1ccccc1. The third-order valence-corrected chi connectivity index (χ3v) is 5.31. The van der Waals surface area contributed by atoms with Gasteiger partial charge in [-0.05, 0) is 31.9 Å². The van der Waals surface area contributed by atoms with Crippen LogP contribution in [-0.4, -0.2) is 52.8 Å². The monoisotopic (exact) mass is 526 g/mol. The van der Waals surface area contributed by atoms with Gasteiger partial charge in [0.25, 0.3) is 11.8 Å². The molecule has 38 heavy (non-hydrogen) atoms. The molecule has 2 heterocycles. The van der Waals surface area contributed by atoms with E-state index in [0.717, 1.165) is 10.6 Å². The van der Waals surface area contributed by atoms with Crippen molar-refractivity contribution < 1.29 is 43.0 Å². The molecular weight excluding hydrogens is 496 g/mol. The molecule has 2 aromatic carbocycles. The van der Waals surface area contributed by atoms with E-state index in [4.69, 9.17) is 19.0 Å². The summed E-state index contributed by atoms with van der Waals surface area (Å²) in [6, 6.07) is 17.4. The van der Waals surface area contributed by atoms with Gasteiger partial charge in [-0.15, -0.1) is 0 Å². The molecule has 2 aromatic rings. The first-order chi connectivity index (χ1) is 17.9. The van der Waals surface area contributed by atoms with Gasteiger partial charge < -0.3 is 24.4 Å². The lowest BCUT2D eigenvalue weighted by Gasteiger charge is -2.43. The van der Waals surface area contributed by atoms with Crippen molar-refractivity contribution in [1.82, 2.24) is 10.4 Å². The Labute approximate surface area is 219 Å². The zero-order valence-electron chi connectivity index (χ0n) is 21.7. The number of amides is 2. The first kappa shape index (κ1) is 28.2. The zero-order valence-corrected chi connectivity index (χ0v) is 21.7. The number of ether oxygens (including phenoxy) is 3. The van der Waals surface area contributed by atoms with Gasteiger partial charge in [-0.1, -0.05) is 60.7 Å². The van der Waals surface area contributed by atoms with Gasteiger partial charge in [0.05, 0.1) is 0 Å². The summed E-state index contributed by atoms with van der Waals surface area (Å²) in [4.78, 5) is 61.9. The van der Waals surface area contributed by atoms with Crippen LogP contribution in [0.3, 0.4) is 0 Å². The second-order valence-electron chi connectivity index (χ2n) is 9.53. The zero-order chi connectivity index (χ0) is 28.0. The van der Waals surface area contributed by atoms with E-state index in [1.807, 2.05) is 36.4 Å². The molecule has 0 radical (unpaired) electrons. The van der Waals surface area contributed by atoms with Crippen molar-refractivity contribution in [3.63, 3.8) is 0 Å². The van der Waals surface area contributed by atoms with E-state index in [1.165, 1.54) is 13.8 Å². The molecule has 2 saturated heterocycles. The summed E-state index contributed by atoms with van der Waals surface area (Å²) in [5, 5.41) is 3.57. The van der Waals surface area contributed by atoms with E-state index < -0.39 is 47.9 Å². The minimum absolute atomic E-state index is 0.206. The van der Waals surface area contributed by atoms with Crippen LogP contribution in [0.2, 0.25) is 0 Å². The molecule has 11 nitrogen and oxygen atoms in total. The van der Waals surface area contributed by atoms with Crippen molar-refractivity contribution in [3.8, 4) is 0 Å². The van der Waals surface area contributed by atoms with Crippen LogP contribution in [0.5, 0.6) is 0 Å².